The maximum atomic E-state index is 14.2. The van der Waals surface area contributed by atoms with E-state index in [4.69, 9.17) is 68.4 Å². The van der Waals surface area contributed by atoms with Crippen molar-refractivity contribution in [2.24, 2.45) is 0 Å². The van der Waals surface area contributed by atoms with Gasteiger partial charge in [0.15, 0.2) is 0 Å². The number of halogens is 10. The molecule has 149 heavy (non-hydrogen) atoms. The quantitative estimate of drug-likeness (QED) is 0.0154. The highest BCUT2D eigenvalue weighted by Crippen LogP contribution is 2.52. The predicted molar refractivity (Wildman–Crippen MR) is 569 cm³/mol. The van der Waals surface area contributed by atoms with Gasteiger partial charge in [0.05, 0.1) is 16.1 Å². The van der Waals surface area contributed by atoms with Crippen molar-refractivity contribution < 1.29 is 116 Å². The highest BCUT2D eigenvalue weighted by Gasteiger charge is 2.35. The summed E-state index contributed by atoms with van der Waals surface area (Å²) in [7, 11) is 0. The molecule has 0 atom stereocenters. The Balaban J connectivity index is 0.000000149. The number of para-hydroxylation sites is 1. The number of rotatable bonds is 36. The first kappa shape index (κ1) is 113. The van der Waals surface area contributed by atoms with E-state index in [2.05, 4.69) is 38.5 Å². The lowest BCUT2D eigenvalue weighted by Gasteiger charge is -2.16. The lowest BCUT2D eigenvalue weighted by atomic mass is 10.1. The van der Waals surface area contributed by atoms with Gasteiger partial charge < -0.3 is 56.8 Å². The first-order valence-electron chi connectivity index (χ1n) is 50.6. The zero-order valence-electron chi connectivity index (χ0n) is 86.0. The molecular weight excluding hydrogens is 2120 g/mol. The molecule has 0 aliphatic heterocycles. The average molecular weight is 2240 g/mol. The fourth-order valence-electron chi connectivity index (χ4n) is 16.0. The number of hydrogen-bond donors (Lipinski definition) is 0. The summed E-state index contributed by atoms with van der Waals surface area (Å²) < 4.78 is 167. The van der Waals surface area contributed by atoms with Crippen LogP contribution in [0, 0.1) is 92.8 Å². The van der Waals surface area contributed by atoms with Crippen LogP contribution in [-0.2, 0) is 68.4 Å². The fourth-order valence-corrected chi connectivity index (χ4v) is 17.3. The Kier molecular flexibility index (Phi) is 40.8. The van der Waals surface area contributed by atoms with E-state index in [0.717, 1.165) is 146 Å². The summed E-state index contributed by atoms with van der Waals surface area (Å²) in [4.78, 5) is 69.5. The average Bonchev–Trinajstić information content (AvgIpc) is 1.68. The Bertz CT molecular complexity index is 6040. The molecule has 28 heteroatoms. The molecule has 6 aliphatic rings. The second-order valence-corrected chi connectivity index (χ2v) is 40.1. The summed E-state index contributed by atoms with van der Waals surface area (Å²) >= 11 is 11.9. The first-order valence-corrected chi connectivity index (χ1v) is 52.9. The Hall–Kier alpha value is -12.7. The molecule has 18 nitrogen and oxygen atoms in total. The summed E-state index contributed by atoms with van der Waals surface area (Å²) in [5, 5.41) is 0.446. The van der Waals surface area contributed by atoms with Gasteiger partial charge in [-0.05, 0) is 353 Å². The molecule has 0 heterocycles. The van der Waals surface area contributed by atoms with E-state index in [1.165, 1.54) is 54.6 Å². The van der Waals surface area contributed by atoms with E-state index in [0.29, 0.717) is 168 Å². The maximum absolute atomic E-state index is 14.2. The van der Waals surface area contributed by atoms with E-state index in [9.17, 15) is 59.5 Å². The lowest BCUT2D eigenvalue weighted by Crippen LogP contribution is -2.10. The monoisotopic (exact) mass is 2240 g/mol. The molecule has 0 saturated heterocycles. The standard InChI is InChI=1S/C21H23FO3.C20H20BrFO3.C20H20ClFO3.C20H20F2O3.C20H20FIO3.C20H21FO3/c1-4-21(23)25-19-7-5-6-13(2)17(19)12-24-20-11-18(22)14(3)10-16(20)15-8-9-15;3*1-3-20(23)25-18-6-4-5-16(21)15(18)11-24-19-10-17(22)12(2)9-14(19)13-7-8-13;1-3-20(23)25-18-6-4-5-17(22)15(18)11-24-19-10-16(21)12(2)9-14(19)13-7-8-13;1-3-20(22)24-18-7-5-4-6-15(18)12-23-19-11-17(21)13(2)10-16(19)14-8-9-14/h5-7,10-11,15H,4,8-9,12H2,1-3H3;4*4-6,9-10,13H,3,7-8,11H2,1-2H3;4-7,10-11,14H,3,8-9,12H2,1-2H3. The van der Waals surface area contributed by atoms with Gasteiger partial charge in [0.1, 0.15) is 149 Å². The van der Waals surface area contributed by atoms with Gasteiger partial charge in [-0.1, -0.05) is 124 Å². The van der Waals surface area contributed by atoms with Crippen LogP contribution >= 0.6 is 50.1 Å². The normalized spacial score (nSPS) is 13.6. The van der Waals surface area contributed by atoms with Crippen molar-refractivity contribution in [3.63, 3.8) is 0 Å². The summed E-state index contributed by atoms with van der Waals surface area (Å²) in [5.74, 6) is 4.15. The molecule has 6 aliphatic carbocycles. The second-order valence-electron chi connectivity index (χ2n) is 37.7. The summed E-state index contributed by atoms with van der Waals surface area (Å²) in [5.41, 5.74) is 14.8. The van der Waals surface area contributed by atoms with Crippen LogP contribution in [0.15, 0.2) is 193 Å². The van der Waals surface area contributed by atoms with Crippen LogP contribution in [-0.4, -0.2) is 35.8 Å². The molecule has 6 fully saturated rings. The van der Waals surface area contributed by atoms with Gasteiger partial charge in [0, 0.05) is 105 Å². The molecule has 6 saturated carbocycles. The van der Waals surface area contributed by atoms with Crippen molar-refractivity contribution in [1.29, 1.82) is 0 Å². The Labute approximate surface area is 893 Å². The van der Waals surface area contributed by atoms with Crippen molar-refractivity contribution in [3.05, 3.63) is 348 Å². The zero-order valence-corrected chi connectivity index (χ0v) is 90.5. The first-order chi connectivity index (χ1) is 71.5. The Morgan fingerprint density at radius 3 is 0.839 bits per heavy atom. The van der Waals surface area contributed by atoms with Crippen LogP contribution in [0.25, 0.3) is 0 Å². The molecule has 0 N–H and O–H groups in total. The van der Waals surface area contributed by atoms with Crippen LogP contribution in [0.5, 0.6) is 69.0 Å². The lowest BCUT2D eigenvalue weighted by molar-refractivity contribution is -0.135. The minimum atomic E-state index is -0.526. The number of ether oxygens (including phenoxy) is 12. The molecule has 12 aromatic rings. The van der Waals surface area contributed by atoms with Gasteiger partial charge in [-0.25, -0.2) is 30.7 Å². The smallest absolute Gasteiger partial charge is 0.310 e. The fraction of sp³-hybridized carbons (Fsp3) is 0.355. The van der Waals surface area contributed by atoms with Gasteiger partial charge in [0.25, 0.3) is 0 Å². The number of benzene rings is 12. The second kappa shape index (κ2) is 53.6. The van der Waals surface area contributed by atoms with Gasteiger partial charge in [-0.2, -0.15) is 0 Å². The number of carbonyl (C=O) groups is 6. The molecule has 0 amide bonds. The van der Waals surface area contributed by atoms with Crippen LogP contribution < -0.4 is 56.8 Å². The van der Waals surface area contributed by atoms with Crippen molar-refractivity contribution in [1.82, 2.24) is 0 Å². The summed E-state index contributed by atoms with van der Waals surface area (Å²) in [6, 6.07) is 52.9. The summed E-state index contributed by atoms with van der Waals surface area (Å²) in [6.07, 6.45) is 14.8. The number of esters is 6. The van der Waals surface area contributed by atoms with E-state index in [1.807, 2.05) is 85.8 Å². The van der Waals surface area contributed by atoms with Crippen LogP contribution in [0.3, 0.4) is 0 Å². The predicted octanol–water partition coefficient (Wildman–Crippen LogP) is 31.9. The van der Waals surface area contributed by atoms with Crippen LogP contribution in [0.1, 0.15) is 298 Å². The zero-order chi connectivity index (χ0) is 107. The van der Waals surface area contributed by atoms with Gasteiger partial charge in [-0.3, -0.25) is 28.8 Å². The molecule has 12 aromatic carbocycles. The Morgan fingerprint density at radius 2 is 0.503 bits per heavy atom. The number of hydrogen-bond acceptors (Lipinski definition) is 18. The SMILES string of the molecule is CCC(=O)Oc1cccc(Br)c1COc1cc(F)c(C)cc1C1CC1.CCC(=O)Oc1cccc(C)c1COc1cc(F)c(C)cc1C1CC1.CCC(=O)Oc1cccc(Cl)c1COc1cc(F)c(C)cc1C1CC1.CCC(=O)Oc1cccc(F)c1COc1cc(F)c(C)cc1C1CC1.CCC(=O)Oc1cccc(I)c1COc1cc(F)c(C)cc1C1CC1.CCC(=O)Oc1ccccc1COc1cc(F)c(C)cc1C1CC1. The topological polar surface area (TPSA) is 213 Å². The number of carbonyl (C=O) groups excluding carboxylic acids is 6. The van der Waals surface area contributed by atoms with E-state index in [-0.39, 0.29) is 129 Å². The van der Waals surface area contributed by atoms with Gasteiger partial charge >= 0.3 is 35.8 Å². The van der Waals surface area contributed by atoms with Crippen molar-refractivity contribution >= 4 is 85.9 Å². The molecular formula is C121H124BrClF7IO18. The highest BCUT2D eigenvalue weighted by molar-refractivity contribution is 14.1. The minimum absolute atomic E-state index is 0.105. The van der Waals surface area contributed by atoms with Gasteiger partial charge in [0.2, 0.25) is 0 Å². The van der Waals surface area contributed by atoms with Crippen LogP contribution in [0.2, 0.25) is 5.02 Å². The summed E-state index contributed by atoms with van der Waals surface area (Å²) in [6.45, 7) is 23.7. The van der Waals surface area contributed by atoms with Crippen molar-refractivity contribution in [3.8, 4) is 69.0 Å². The van der Waals surface area contributed by atoms with Gasteiger partial charge in [-0.15, -0.1) is 0 Å². The molecule has 0 spiro atoms. The minimum Gasteiger partial charge on any atom is -0.488 e. The van der Waals surface area contributed by atoms with Crippen molar-refractivity contribution in [2.75, 3.05) is 0 Å². The van der Waals surface area contributed by atoms with Crippen LogP contribution in [0.4, 0.5) is 30.7 Å². The molecule has 0 aromatic heterocycles. The Morgan fingerprint density at radius 1 is 0.262 bits per heavy atom. The largest absolute Gasteiger partial charge is 0.488 e. The molecule has 0 bridgehead atoms. The molecule has 786 valence electrons. The number of aryl methyl sites for hydroxylation is 7. The third-order valence-corrected chi connectivity index (χ3v) is 27.9. The van der Waals surface area contributed by atoms with E-state index >= 15 is 0 Å². The third kappa shape index (κ3) is 32.4. The maximum Gasteiger partial charge on any atom is 0.310 e. The van der Waals surface area contributed by atoms with Crippen molar-refractivity contribution in [2.45, 2.75) is 281 Å². The highest BCUT2D eigenvalue weighted by atomic mass is 127. The third-order valence-electron chi connectivity index (χ3n) is 25.8. The molecule has 0 radical (unpaired) electrons. The molecule has 18 rings (SSSR count). The van der Waals surface area contributed by atoms with E-state index in [1.54, 1.807) is 138 Å². The molecule has 0 unspecified atom stereocenters. The van der Waals surface area contributed by atoms with E-state index < -0.39 is 11.8 Å².